The highest BCUT2D eigenvalue weighted by Gasteiger charge is 2.59. The summed E-state index contributed by atoms with van der Waals surface area (Å²) in [6.45, 7) is 3.11. The molecule has 6 atom stereocenters. The van der Waals surface area contributed by atoms with Gasteiger partial charge in [0, 0.05) is 5.92 Å². The van der Waals surface area contributed by atoms with Crippen LogP contribution in [-0.2, 0) is 19.2 Å². The summed E-state index contributed by atoms with van der Waals surface area (Å²) in [5.41, 5.74) is -1.38. The van der Waals surface area contributed by atoms with Crippen molar-refractivity contribution >= 4 is 5.78 Å². The van der Waals surface area contributed by atoms with Gasteiger partial charge in [0.25, 0.3) is 0 Å². The molecule has 2 rings (SSSR count). The van der Waals surface area contributed by atoms with E-state index in [2.05, 4.69) is 5.92 Å². The topological polar surface area (TPSA) is 65.0 Å². The molecule has 1 saturated heterocycles. The fraction of sp³-hybridized carbons (Fsp3) is 0.842. The Balaban J connectivity index is 2.41. The number of ketones is 1. The molecule has 0 radical (unpaired) electrons. The molecule has 1 heterocycles. The molecule has 1 aliphatic heterocycles. The summed E-state index contributed by atoms with van der Waals surface area (Å²) in [4.78, 5) is 17.1. The number of Topliss-reactive ketones (excluding diaryl/α,β-unsaturated/α-hetero) is 1. The summed E-state index contributed by atoms with van der Waals surface area (Å²) in [6, 6.07) is 0. The lowest BCUT2D eigenvalue weighted by molar-refractivity contribution is -0.375. The molecule has 1 N–H and O–H groups in total. The summed E-state index contributed by atoms with van der Waals surface area (Å²) in [5.74, 6) is -2.20. The van der Waals surface area contributed by atoms with Gasteiger partial charge in [-0.2, -0.15) is 13.2 Å². The van der Waals surface area contributed by atoms with Crippen molar-refractivity contribution in [3.05, 3.63) is 0 Å². The Morgan fingerprint density at radius 3 is 2.63 bits per heavy atom. The molecule has 1 aliphatic carbocycles. The van der Waals surface area contributed by atoms with E-state index in [1.54, 1.807) is 0 Å². The minimum atomic E-state index is -5.02. The van der Waals surface area contributed by atoms with Gasteiger partial charge in [-0.15, -0.1) is 6.42 Å². The van der Waals surface area contributed by atoms with E-state index in [0.29, 0.717) is 25.7 Å². The van der Waals surface area contributed by atoms with E-state index < -0.39 is 36.0 Å². The first-order valence-corrected chi connectivity index (χ1v) is 9.23. The maximum Gasteiger partial charge on any atom is 0.450 e. The molecule has 27 heavy (non-hydrogen) atoms. The van der Waals surface area contributed by atoms with Gasteiger partial charge in [-0.25, -0.2) is 4.89 Å². The van der Waals surface area contributed by atoms with Crippen LogP contribution in [0, 0.1) is 36.0 Å². The van der Waals surface area contributed by atoms with E-state index in [4.69, 9.17) is 20.8 Å². The number of alkyl halides is 3. The summed E-state index contributed by atoms with van der Waals surface area (Å²) >= 11 is 0. The molecule has 0 bridgehead atoms. The SMILES string of the molecule is C#CCOCC(C(=O)C(F)(F)F)C1CCC(C)C2CCC(C)OCC21OO. The molecule has 5 nitrogen and oxygen atoms in total. The van der Waals surface area contributed by atoms with Crippen LogP contribution < -0.4 is 0 Å². The van der Waals surface area contributed by atoms with E-state index in [0.717, 1.165) is 0 Å². The molecule has 0 amide bonds. The van der Waals surface area contributed by atoms with Gasteiger partial charge in [0.1, 0.15) is 12.2 Å². The van der Waals surface area contributed by atoms with Gasteiger partial charge in [-0.3, -0.25) is 10.1 Å². The van der Waals surface area contributed by atoms with Crippen molar-refractivity contribution in [2.75, 3.05) is 19.8 Å². The van der Waals surface area contributed by atoms with Crippen molar-refractivity contribution in [2.45, 2.75) is 57.4 Å². The summed E-state index contributed by atoms with van der Waals surface area (Å²) in [7, 11) is 0. The first-order valence-electron chi connectivity index (χ1n) is 9.23. The molecule has 2 aliphatic rings. The van der Waals surface area contributed by atoms with Crippen LogP contribution in [-0.4, -0.2) is 48.7 Å². The van der Waals surface area contributed by atoms with Crippen molar-refractivity contribution in [1.82, 2.24) is 0 Å². The minimum Gasteiger partial charge on any atom is -0.375 e. The van der Waals surface area contributed by atoms with Crippen molar-refractivity contribution in [2.24, 2.45) is 23.7 Å². The molecule has 0 aromatic carbocycles. The second-order valence-electron chi connectivity index (χ2n) is 7.70. The van der Waals surface area contributed by atoms with Crippen LogP contribution in [0.5, 0.6) is 0 Å². The van der Waals surface area contributed by atoms with Crippen LogP contribution >= 0.6 is 0 Å². The quantitative estimate of drug-likeness (QED) is 0.325. The number of hydrogen-bond acceptors (Lipinski definition) is 5. The zero-order valence-electron chi connectivity index (χ0n) is 15.6. The predicted octanol–water partition coefficient (Wildman–Crippen LogP) is 3.47. The number of fused-ring (bicyclic) bond motifs is 1. The van der Waals surface area contributed by atoms with Crippen LogP contribution in [0.1, 0.15) is 39.5 Å². The van der Waals surface area contributed by atoms with E-state index in [1.807, 2.05) is 13.8 Å². The summed E-state index contributed by atoms with van der Waals surface area (Å²) < 4.78 is 50.6. The van der Waals surface area contributed by atoms with Crippen LogP contribution in [0.25, 0.3) is 0 Å². The number of terminal acetylenes is 1. The molecule has 154 valence electrons. The highest BCUT2D eigenvalue weighted by molar-refractivity contribution is 5.87. The van der Waals surface area contributed by atoms with Crippen molar-refractivity contribution in [3.8, 4) is 12.3 Å². The monoisotopic (exact) mass is 392 g/mol. The van der Waals surface area contributed by atoms with E-state index >= 15 is 0 Å². The van der Waals surface area contributed by atoms with Crippen LogP contribution in [0.4, 0.5) is 13.2 Å². The molecule has 0 aromatic heterocycles. The highest BCUT2D eigenvalue weighted by atomic mass is 19.4. The highest BCUT2D eigenvalue weighted by Crippen LogP contribution is 2.51. The van der Waals surface area contributed by atoms with Crippen LogP contribution in [0.2, 0.25) is 0 Å². The number of carbonyl (C=O) groups is 1. The Hall–Kier alpha value is -1.14. The van der Waals surface area contributed by atoms with E-state index in [-0.39, 0.29) is 31.2 Å². The zero-order valence-corrected chi connectivity index (χ0v) is 15.6. The smallest absolute Gasteiger partial charge is 0.375 e. The number of ether oxygens (including phenoxy) is 2. The first kappa shape index (κ1) is 22.2. The second kappa shape index (κ2) is 8.91. The van der Waals surface area contributed by atoms with Gasteiger partial charge < -0.3 is 9.47 Å². The molecular weight excluding hydrogens is 365 g/mol. The van der Waals surface area contributed by atoms with Crippen LogP contribution in [0.3, 0.4) is 0 Å². The Kier molecular flexibility index (Phi) is 7.31. The fourth-order valence-corrected chi connectivity index (χ4v) is 4.69. The predicted molar refractivity (Wildman–Crippen MR) is 90.7 cm³/mol. The van der Waals surface area contributed by atoms with Crippen molar-refractivity contribution < 1.29 is 37.6 Å². The minimum absolute atomic E-state index is 0.0683. The van der Waals surface area contributed by atoms with E-state index in [9.17, 15) is 23.2 Å². The number of rotatable bonds is 6. The third kappa shape index (κ3) is 4.65. The number of hydrogen-bond donors (Lipinski definition) is 1. The van der Waals surface area contributed by atoms with Gasteiger partial charge >= 0.3 is 6.18 Å². The Morgan fingerprint density at radius 2 is 2.04 bits per heavy atom. The van der Waals surface area contributed by atoms with E-state index in [1.165, 1.54) is 0 Å². The Bertz CT molecular complexity index is 559. The Morgan fingerprint density at radius 1 is 1.33 bits per heavy atom. The normalized spacial score (nSPS) is 35.6. The molecule has 6 unspecified atom stereocenters. The van der Waals surface area contributed by atoms with Gasteiger partial charge in [0.2, 0.25) is 5.78 Å². The fourth-order valence-electron chi connectivity index (χ4n) is 4.69. The number of halogens is 3. The second-order valence-corrected chi connectivity index (χ2v) is 7.70. The number of carbonyl (C=O) groups excluding carboxylic acids is 1. The average molecular weight is 392 g/mol. The molecular formula is C19H27F3O5. The molecule has 0 aromatic rings. The van der Waals surface area contributed by atoms with Gasteiger partial charge in [-0.1, -0.05) is 12.8 Å². The lowest BCUT2D eigenvalue weighted by Crippen LogP contribution is -2.59. The molecule has 8 heteroatoms. The van der Waals surface area contributed by atoms with Crippen LogP contribution in [0.15, 0.2) is 0 Å². The lowest BCUT2D eigenvalue weighted by Gasteiger charge is -2.50. The van der Waals surface area contributed by atoms with Crippen molar-refractivity contribution in [1.29, 1.82) is 0 Å². The largest absolute Gasteiger partial charge is 0.450 e. The summed E-state index contributed by atoms with van der Waals surface area (Å²) in [5, 5.41) is 9.84. The maximum absolute atomic E-state index is 13.3. The van der Waals surface area contributed by atoms with Crippen molar-refractivity contribution in [3.63, 3.8) is 0 Å². The lowest BCUT2D eigenvalue weighted by atomic mass is 9.59. The molecule has 2 fully saturated rings. The molecule has 0 spiro atoms. The maximum atomic E-state index is 13.3. The third-order valence-corrected chi connectivity index (χ3v) is 6.11. The average Bonchev–Trinajstić information content (AvgIpc) is 2.79. The first-order chi connectivity index (χ1) is 12.7. The van der Waals surface area contributed by atoms with Gasteiger partial charge in [-0.05, 0) is 44.4 Å². The van der Waals surface area contributed by atoms with Gasteiger partial charge in [0.05, 0.1) is 25.2 Å². The van der Waals surface area contributed by atoms with Gasteiger partial charge in [0.15, 0.2) is 0 Å². The standard InChI is InChI=1S/C19H27F3O5/c1-4-9-25-10-14(17(23)19(20,21)22)16-7-5-12(2)15-8-6-13(3)26-11-18(15,16)27-24/h1,12-16,24H,5-11H2,2-3H3. The summed E-state index contributed by atoms with van der Waals surface area (Å²) in [6.07, 6.45) is 2.25. The Labute approximate surface area is 157 Å². The third-order valence-electron chi connectivity index (χ3n) is 6.11. The zero-order chi connectivity index (χ0) is 20.2. The molecule has 1 saturated carbocycles.